The number of nitrogens with two attached hydrogens (primary N) is 2. The van der Waals surface area contributed by atoms with E-state index in [9.17, 15) is 54.0 Å². The number of carboxylic acids is 2. The fourth-order valence-electron chi connectivity index (χ4n) is 3.39. The summed E-state index contributed by atoms with van der Waals surface area (Å²) in [5.74, 6) is -8.18. The van der Waals surface area contributed by atoms with Gasteiger partial charge >= 0.3 is 11.9 Å². The van der Waals surface area contributed by atoms with Crippen LogP contribution >= 0.6 is 0 Å². The number of nitrogens with one attached hydrogen (secondary N) is 3. The summed E-state index contributed by atoms with van der Waals surface area (Å²) in [6, 6.07) is -2.58. The van der Waals surface area contributed by atoms with Gasteiger partial charge in [0.15, 0.2) is 18.0 Å². The standard InChI is InChI=1S/C23H39N5O13/c24-6-2-1-3-12(25)16(32)11(10-29)9-13(22(38)39)28-15(31)5-7-26-14(30)4-8-27-21(37)19(35)17(33)18(34)20(36)23(40)41/h10-13,17-20,33-36H,1-9,24-25H2,(H,26,30)(H,27,37)(H,28,31)(H,38,39)(H,40,41)/t11?,12-,13-,17+,18-,19-,20+/m0/s1. The van der Waals surface area contributed by atoms with Gasteiger partial charge in [0, 0.05) is 25.9 Å². The van der Waals surface area contributed by atoms with Gasteiger partial charge in [0.25, 0.3) is 5.91 Å². The van der Waals surface area contributed by atoms with Crippen molar-refractivity contribution < 1.29 is 64.2 Å². The smallest absolute Gasteiger partial charge is 0.335 e. The topological polar surface area (TPSA) is 329 Å². The summed E-state index contributed by atoms with van der Waals surface area (Å²) >= 11 is 0. The Morgan fingerprint density at radius 1 is 0.780 bits per heavy atom. The van der Waals surface area contributed by atoms with Gasteiger partial charge in [-0.1, -0.05) is 6.42 Å². The molecule has 41 heavy (non-hydrogen) atoms. The number of unbranched alkanes of at least 4 members (excludes halogenated alkanes) is 1. The minimum Gasteiger partial charge on any atom is -0.480 e. The molecule has 3 amide bonds. The molecule has 0 aromatic carbocycles. The molecule has 13 N–H and O–H groups in total. The van der Waals surface area contributed by atoms with E-state index in [0.29, 0.717) is 19.4 Å². The molecule has 0 aliphatic heterocycles. The number of hydrogen-bond acceptors (Lipinski definition) is 13. The molecular formula is C23H39N5O13. The molecule has 0 saturated heterocycles. The van der Waals surface area contributed by atoms with Crippen molar-refractivity contribution in [1.82, 2.24) is 16.0 Å². The maximum atomic E-state index is 12.4. The van der Waals surface area contributed by atoms with Crippen LogP contribution in [0, 0.1) is 5.92 Å². The highest BCUT2D eigenvalue weighted by Crippen LogP contribution is 2.12. The third-order valence-corrected chi connectivity index (χ3v) is 5.83. The van der Waals surface area contributed by atoms with E-state index in [1.54, 1.807) is 0 Å². The van der Waals surface area contributed by atoms with E-state index >= 15 is 0 Å². The van der Waals surface area contributed by atoms with Gasteiger partial charge < -0.3 is 62.9 Å². The van der Waals surface area contributed by atoms with Crippen LogP contribution in [0.15, 0.2) is 0 Å². The Hall–Kier alpha value is -3.55. The number of rotatable bonds is 22. The first-order chi connectivity index (χ1) is 19.2. The molecule has 1 unspecified atom stereocenters. The normalized spacial score (nSPS) is 16.1. The van der Waals surface area contributed by atoms with Crippen LogP contribution in [0.4, 0.5) is 0 Å². The number of carbonyl (C=O) groups excluding carboxylic acids is 5. The van der Waals surface area contributed by atoms with Gasteiger partial charge in [-0.3, -0.25) is 19.2 Å². The summed E-state index contributed by atoms with van der Waals surface area (Å²) in [7, 11) is 0. The third kappa shape index (κ3) is 14.1. The summed E-state index contributed by atoms with van der Waals surface area (Å²) in [4.78, 5) is 81.8. The Morgan fingerprint density at radius 2 is 1.34 bits per heavy atom. The van der Waals surface area contributed by atoms with Crippen molar-refractivity contribution in [2.75, 3.05) is 19.6 Å². The highest BCUT2D eigenvalue weighted by Gasteiger charge is 2.37. The van der Waals surface area contributed by atoms with Crippen LogP contribution in [0.3, 0.4) is 0 Å². The molecule has 0 spiro atoms. The van der Waals surface area contributed by atoms with Crippen molar-refractivity contribution in [2.24, 2.45) is 17.4 Å². The molecule has 0 heterocycles. The fourth-order valence-corrected chi connectivity index (χ4v) is 3.39. The van der Waals surface area contributed by atoms with E-state index in [-0.39, 0.29) is 38.6 Å². The first-order valence-electron chi connectivity index (χ1n) is 12.6. The highest BCUT2D eigenvalue weighted by molar-refractivity contribution is 5.97. The van der Waals surface area contributed by atoms with Gasteiger partial charge in [-0.25, -0.2) is 9.59 Å². The number of ketones is 1. The minimum absolute atomic E-state index is 0.256. The maximum absolute atomic E-state index is 12.4. The summed E-state index contributed by atoms with van der Waals surface area (Å²) in [5, 5.41) is 62.4. The van der Waals surface area contributed by atoms with Gasteiger partial charge in [0.1, 0.15) is 24.5 Å². The molecule has 0 saturated carbocycles. The number of carboxylic acid groups (broad SMARTS) is 2. The minimum atomic E-state index is -2.47. The van der Waals surface area contributed by atoms with Gasteiger partial charge in [-0.05, 0) is 25.8 Å². The van der Waals surface area contributed by atoms with Crippen molar-refractivity contribution in [2.45, 2.75) is 75.0 Å². The highest BCUT2D eigenvalue weighted by atomic mass is 16.4. The van der Waals surface area contributed by atoms with Crippen LogP contribution in [0.2, 0.25) is 0 Å². The molecule has 0 rings (SSSR count). The third-order valence-electron chi connectivity index (χ3n) is 5.83. The number of aliphatic hydroxyl groups excluding tert-OH is 4. The zero-order valence-corrected chi connectivity index (χ0v) is 22.2. The van der Waals surface area contributed by atoms with Crippen molar-refractivity contribution in [3.63, 3.8) is 0 Å². The molecule has 18 nitrogen and oxygen atoms in total. The predicted octanol–water partition coefficient (Wildman–Crippen LogP) is -5.67. The summed E-state index contributed by atoms with van der Waals surface area (Å²) < 4.78 is 0. The van der Waals surface area contributed by atoms with Crippen LogP contribution in [0.25, 0.3) is 0 Å². The zero-order chi connectivity index (χ0) is 31.7. The zero-order valence-electron chi connectivity index (χ0n) is 22.2. The first kappa shape index (κ1) is 37.5. The average molecular weight is 594 g/mol. The van der Waals surface area contributed by atoms with E-state index < -0.39 is 84.3 Å². The van der Waals surface area contributed by atoms with Gasteiger partial charge in [-0.15, -0.1) is 0 Å². The SMILES string of the molecule is NCCCC[C@H](N)C(=O)C(C=O)C[C@H](NC(=O)CCNC(=O)CCNC(=O)[C@@H](O)[C@H](O)[C@H](O)[C@@H](O)C(=O)O)C(=O)O. The molecule has 7 atom stereocenters. The van der Waals surface area contributed by atoms with E-state index in [4.69, 9.17) is 21.7 Å². The Morgan fingerprint density at radius 3 is 1.88 bits per heavy atom. The van der Waals surface area contributed by atoms with Crippen molar-refractivity contribution in [3.05, 3.63) is 0 Å². The lowest BCUT2D eigenvalue weighted by atomic mass is 9.90. The molecule has 18 heteroatoms. The number of amides is 3. The molecule has 0 radical (unpaired) electrons. The van der Waals surface area contributed by atoms with Crippen LogP contribution in [-0.4, -0.2) is 129 Å². The monoisotopic (exact) mass is 593 g/mol. The lowest BCUT2D eigenvalue weighted by Crippen LogP contribution is -2.52. The number of Topliss-reactive ketones (excluding diaryl/α,β-unsaturated/α-hetero) is 1. The van der Waals surface area contributed by atoms with Gasteiger partial charge in [0.2, 0.25) is 11.8 Å². The second-order valence-corrected chi connectivity index (χ2v) is 9.08. The van der Waals surface area contributed by atoms with Gasteiger partial charge in [-0.2, -0.15) is 0 Å². The van der Waals surface area contributed by atoms with E-state index in [1.165, 1.54) is 0 Å². The fraction of sp³-hybridized carbons (Fsp3) is 0.696. The Labute approximate surface area is 234 Å². The molecule has 0 fully saturated rings. The van der Waals surface area contributed by atoms with E-state index in [0.717, 1.165) is 0 Å². The average Bonchev–Trinajstić information content (AvgIpc) is 2.92. The number of carbonyl (C=O) groups is 7. The molecule has 0 bridgehead atoms. The molecule has 0 aliphatic carbocycles. The molecule has 0 aromatic heterocycles. The molecule has 234 valence electrons. The van der Waals surface area contributed by atoms with Crippen molar-refractivity contribution >= 4 is 41.7 Å². The molecule has 0 aromatic rings. The first-order valence-corrected chi connectivity index (χ1v) is 12.6. The quantitative estimate of drug-likeness (QED) is 0.0316. The second-order valence-electron chi connectivity index (χ2n) is 9.08. The van der Waals surface area contributed by atoms with Crippen LogP contribution < -0.4 is 27.4 Å². The lowest BCUT2D eigenvalue weighted by molar-refractivity contribution is -0.166. The number of aliphatic hydroxyl groups is 4. The number of hydrogen-bond donors (Lipinski definition) is 11. The summed E-state index contributed by atoms with van der Waals surface area (Å²) in [6.07, 6.45) is -9.10. The van der Waals surface area contributed by atoms with Gasteiger partial charge in [0.05, 0.1) is 12.0 Å². The largest absolute Gasteiger partial charge is 0.480 e. The molecule has 0 aliphatic rings. The van der Waals surface area contributed by atoms with Crippen LogP contribution in [-0.2, 0) is 33.6 Å². The Balaban J connectivity index is 4.59. The summed E-state index contributed by atoms with van der Waals surface area (Å²) in [5.41, 5.74) is 11.2. The van der Waals surface area contributed by atoms with Crippen molar-refractivity contribution in [3.8, 4) is 0 Å². The van der Waals surface area contributed by atoms with Crippen LogP contribution in [0.1, 0.15) is 38.5 Å². The number of aliphatic carboxylic acids is 2. The number of aldehydes is 1. The van der Waals surface area contributed by atoms with E-state index in [2.05, 4.69) is 10.6 Å². The summed E-state index contributed by atoms with van der Waals surface area (Å²) in [6.45, 7) is -0.241. The second kappa shape index (κ2) is 19.5. The maximum Gasteiger partial charge on any atom is 0.335 e. The predicted molar refractivity (Wildman–Crippen MR) is 137 cm³/mol. The lowest BCUT2D eigenvalue weighted by Gasteiger charge is -2.23. The van der Waals surface area contributed by atoms with Crippen LogP contribution in [0.5, 0.6) is 0 Å². The Bertz CT molecular complexity index is 918. The Kier molecular flexibility index (Phi) is 17.8. The van der Waals surface area contributed by atoms with E-state index in [1.807, 2.05) is 5.32 Å². The molecular weight excluding hydrogens is 554 g/mol. The van der Waals surface area contributed by atoms with Crippen molar-refractivity contribution in [1.29, 1.82) is 0 Å².